The lowest BCUT2D eigenvalue weighted by Crippen LogP contribution is -2.39. The third kappa shape index (κ3) is 6.20. The number of aliphatic imine (C=N–C) groups is 1. The maximum Gasteiger partial charge on any atom is 0.191 e. The van der Waals surface area contributed by atoms with Crippen LogP contribution in [0.25, 0.3) is 0 Å². The van der Waals surface area contributed by atoms with Crippen LogP contribution in [0.15, 0.2) is 33.8 Å². The minimum atomic E-state index is 0.519. The van der Waals surface area contributed by atoms with Gasteiger partial charge in [-0.15, -0.1) is 0 Å². The molecule has 0 saturated carbocycles. The summed E-state index contributed by atoms with van der Waals surface area (Å²) >= 11 is 0. The van der Waals surface area contributed by atoms with Gasteiger partial charge in [0, 0.05) is 24.6 Å². The second-order valence-electron chi connectivity index (χ2n) is 5.89. The molecule has 0 radical (unpaired) electrons. The average Bonchev–Trinajstić information content (AvgIpc) is 3.11. The Balaban J connectivity index is 1.89. The van der Waals surface area contributed by atoms with Crippen molar-refractivity contribution < 1.29 is 14.0 Å². The molecule has 0 amide bonds. The Bertz CT molecular complexity index is 706. The van der Waals surface area contributed by atoms with Crippen LogP contribution in [-0.4, -0.2) is 37.9 Å². The molecule has 27 heavy (non-hydrogen) atoms. The minimum Gasteiger partial charge on any atom is -0.497 e. The van der Waals surface area contributed by atoms with Crippen molar-refractivity contribution in [3.63, 3.8) is 0 Å². The van der Waals surface area contributed by atoms with Crippen LogP contribution in [0.5, 0.6) is 11.5 Å². The Labute approximate surface area is 161 Å². The third-order valence-corrected chi connectivity index (χ3v) is 4.05. The number of hydrogen-bond acceptors (Lipinski definition) is 5. The standard InChI is InChI=1S/C20H30N4O3/c1-5-18-17(19(6-2)27-24-18)14-23-20(21-7-3)22-11-12-26-16-10-8-9-15(13-16)25-4/h8-10,13H,5-7,11-12,14H2,1-4H3,(H2,21,22,23). The number of hydrogen-bond donors (Lipinski definition) is 2. The largest absolute Gasteiger partial charge is 0.497 e. The monoisotopic (exact) mass is 374 g/mol. The van der Waals surface area contributed by atoms with E-state index in [1.54, 1.807) is 7.11 Å². The number of nitrogens with one attached hydrogen (secondary N) is 2. The minimum absolute atomic E-state index is 0.519. The molecular formula is C20H30N4O3. The molecular weight excluding hydrogens is 344 g/mol. The van der Waals surface area contributed by atoms with E-state index in [2.05, 4.69) is 34.6 Å². The summed E-state index contributed by atoms with van der Waals surface area (Å²) < 4.78 is 16.4. The second-order valence-corrected chi connectivity index (χ2v) is 5.89. The van der Waals surface area contributed by atoms with Crippen molar-refractivity contribution in [1.82, 2.24) is 15.8 Å². The smallest absolute Gasteiger partial charge is 0.191 e. The summed E-state index contributed by atoms with van der Waals surface area (Å²) in [5, 5.41) is 10.7. The van der Waals surface area contributed by atoms with E-state index in [0.717, 1.165) is 53.9 Å². The predicted molar refractivity (Wildman–Crippen MR) is 107 cm³/mol. The molecule has 2 rings (SSSR count). The molecule has 1 aromatic heterocycles. The average molecular weight is 374 g/mol. The van der Waals surface area contributed by atoms with Gasteiger partial charge in [-0.25, -0.2) is 4.99 Å². The van der Waals surface area contributed by atoms with Gasteiger partial charge in [0.1, 0.15) is 23.9 Å². The van der Waals surface area contributed by atoms with Gasteiger partial charge in [0.05, 0.1) is 25.9 Å². The van der Waals surface area contributed by atoms with Gasteiger partial charge in [0.2, 0.25) is 0 Å². The van der Waals surface area contributed by atoms with Crippen LogP contribution < -0.4 is 20.1 Å². The van der Waals surface area contributed by atoms with Crippen LogP contribution >= 0.6 is 0 Å². The van der Waals surface area contributed by atoms with Crippen molar-refractivity contribution in [1.29, 1.82) is 0 Å². The summed E-state index contributed by atoms with van der Waals surface area (Å²) in [6.07, 6.45) is 1.66. The van der Waals surface area contributed by atoms with Crippen molar-refractivity contribution in [2.45, 2.75) is 40.2 Å². The van der Waals surface area contributed by atoms with Crippen molar-refractivity contribution in [2.75, 3.05) is 26.8 Å². The van der Waals surface area contributed by atoms with Crippen molar-refractivity contribution >= 4 is 5.96 Å². The lowest BCUT2D eigenvalue weighted by atomic mass is 10.1. The molecule has 148 valence electrons. The van der Waals surface area contributed by atoms with Gasteiger partial charge >= 0.3 is 0 Å². The van der Waals surface area contributed by atoms with Crippen LogP contribution in [0.2, 0.25) is 0 Å². The van der Waals surface area contributed by atoms with Crippen LogP contribution in [0.3, 0.4) is 0 Å². The van der Waals surface area contributed by atoms with Crippen molar-refractivity contribution in [3.05, 3.63) is 41.3 Å². The highest BCUT2D eigenvalue weighted by atomic mass is 16.5. The summed E-state index contributed by atoms with van der Waals surface area (Å²) in [6, 6.07) is 7.57. The van der Waals surface area contributed by atoms with E-state index < -0.39 is 0 Å². The molecule has 1 heterocycles. The molecule has 2 aromatic rings. The molecule has 0 fully saturated rings. The van der Waals surface area contributed by atoms with Gasteiger partial charge in [-0.1, -0.05) is 25.1 Å². The second kappa shape index (κ2) is 11.1. The highest BCUT2D eigenvalue weighted by molar-refractivity contribution is 5.79. The first-order valence-electron chi connectivity index (χ1n) is 9.47. The molecule has 7 heteroatoms. The lowest BCUT2D eigenvalue weighted by molar-refractivity contribution is 0.319. The zero-order valence-corrected chi connectivity index (χ0v) is 16.7. The Morgan fingerprint density at radius 3 is 2.67 bits per heavy atom. The van der Waals surface area contributed by atoms with Gasteiger partial charge in [-0.3, -0.25) is 0 Å². The number of methoxy groups -OCH3 is 1. The predicted octanol–water partition coefficient (Wildman–Crippen LogP) is 2.94. The topological polar surface area (TPSA) is 80.9 Å². The first-order chi connectivity index (χ1) is 13.2. The molecule has 0 bridgehead atoms. The summed E-state index contributed by atoms with van der Waals surface area (Å²) in [4.78, 5) is 4.66. The fourth-order valence-corrected chi connectivity index (χ4v) is 2.65. The Kier molecular flexibility index (Phi) is 8.48. The molecule has 0 atom stereocenters. The van der Waals surface area contributed by atoms with E-state index in [9.17, 15) is 0 Å². The molecule has 1 aromatic carbocycles. The maximum absolute atomic E-state index is 5.75. The first kappa shape index (κ1) is 20.6. The fourth-order valence-electron chi connectivity index (χ4n) is 2.65. The molecule has 0 unspecified atom stereocenters. The molecule has 7 nitrogen and oxygen atoms in total. The number of benzene rings is 1. The van der Waals surface area contributed by atoms with E-state index in [1.807, 2.05) is 31.2 Å². The van der Waals surface area contributed by atoms with Crippen LogP contribution in [0.4, 0.5) is 0 Å². The van der Waals surface area contributed by atoms with E-state index in [-0.39, 0.29) is 0 Å². The van der Waals surface area contributed by atoms with Gasteiger partial charge in [0.15, 0.2) is 5.96 Å². The molecule has 2 N–H and O–H groups in total. The van der Waals surface area contributed by atoms with Crippen LogP contribution in [0, 0.1) is 0 Å². The highest BCUT2D eigenvalue weighted by Crippen LogP contribution is 2.18. The molecule has 0 aliphatic carbocycles. The molecule has 0 saturated heterocycles. The fraction of sp³-hybridized carbons (Fsp3) is 0.500. The Morgan fingerprint density at radius 1 is 1.15 bits per heavy atom. The molecule has 0 aliphatic heterocycles. The third-order valence-electron chi connectivity index (χ3n) is 4.05. The Hall–Kier alpha value is -2.70. The summed E-state index contributed by atoms with van der Waals surface area (Å²) in [5.74, 6) is 3.22. The number of guanidine groups is 1. The number of ether oxygens (including phenoxy) is 2. The van der Waals surface area contributed by atoms with Crippen LogP contribution in [0.1, 0.15) is 37.8 Å². The van der Waals surface area contributed by atoms with E-state index >= 15 is 0 Å². The quantitative estimate of drug-likeness (QED) is 0.378. The Morgan fingerprint density at radius 2 is 1.96 bits per heavy atom. The van der Waals surface area contributed by atoms with E-state index in [4.69, 9.17) is 14.0 Å². The zero-order valence-electron chi connectivity index (χ0n) is 16.7. The zero-order chi connectivity index (χ0) is 19.5. The number of nitrogens with zero attached hydrogens (tertiary/aromatic N) is 2. The van der Waals surface area contributed by atoms with Gasteiger partial charge in [0.25, 0.3) is 0 Å². The van der Waals surface area contributed by atoms with Crippen molar-refractivity contribution in [3.8, 4) is 11.5 Å². The maximum atomic E-state index is 5.75. The molecule has 0 spiro atoms. The highest BCUT2D eigenvalue weighted by Gasteiger charge is 2.13. The SMILES string of the molecule is CCNC(=NCc1c(CC)noc1CC)NCCOc1cccc(OC)c1. The number of rotatable bonds is 10. The van der Waals surface area contributed by atoms with E-state index in [0.29, 0.717) is 19.7 Å². The number of aromatic nitrogens is 1. The molecule has 0 aliphatic rings. The van der Waals surface area contributed by atoms with Gasteiger partial charge < -0.3 is 24.6 Å². The van der Waals surface area contributed by atoms with Crippen LogP contribution in [-0.2, 0) is 19.4 Å². The summed E-state index contributed by atoms with van der Waals surface area (Å²) in [5.41, 5.74) is 2.07. The summed E-state index contributed by atoms with van der Waals surface area (Å²) in [7, 11) is 1.64. The summed E-state index contributed by atoms with van der Waals surface area (Å²) in [6.45, 7) is 8.66. The van der Waals surface area contributed by atoms with Gasteiger partial charge in [-0.05, 0) is 25.5 Å². The lowest BCUT2D eigenvalue weighted by Gasteiger charge is -2.12. The van der Waals surface area contributed by atoms with Gasteiger partial charge in [-0.2, -0.15) is 0 Å². The van der Waals surface area contributed by atoms with E-state index in [1.165, 1.54) is 0 Å². The van der Waals surface area contributed by atoms with Crippen molar-refractivity contribution in [2.24, 2.45) is 4.99 Å². The first-order valence-corrected chi connectivity index (χ1v) is 9.47. The normalized spacial score (nSPS) is 11.3. The number of aryl methyl sites for hydroxylation is 2.